The van der Waals surface area contributed by atoms with E-state index in [9.17, 15) is 9.90 Å². The van der Waals surface area contributed by atoms with Crippen LogP contribution in [0.25, 0.3) is 10.8 Å². The van der Waals surface area contributed by atoms with Crippen molar-refractivity contribution in [1.29, 1.82) is 0 Å². The number of carbonyl (C=O) groups is 1. The molecule has 0 aliphatic carbocycles. The van der Waals surface area contributed by atoms with Crippen LogP contribution in [0.15, 0.2) is 30.3 Å². The highest BCUT2D eigenvalue weighted by atomic mass is 16.4. The van der Waals surface area contributed by atoms with E-state index in [0.717, 1.165) is 0 Å². The van der Waals surface area contributed by atoms with Crippen molar-refractivity contribution in [3.05, 3.63) is 35.9 Å². The van der Waals surface area contributed by atoms with Crippen LogP contribution in [-0.4, -0.2) is 16.2 Å². The first-order valence-electron chi connectivity index (χ1n) is 4.34. The molecule has 0 saturated heterocycles. The van der Waals surface area contributed by atoms with Crippen LogP contribution in [-0.2, 0) is 0 Å². The number of aromatic carboxylic acids is 1. The van der Waals surface area contributed by atoms with Gasteiger partial charge in [-0.15, -0.1) is 0 Å². The molecule has 0 fully saturated rings. The van der Waals surface area contributed by atoms with Crippen molar-refractivity contribution in [2.24, 2.45) is 0 Å². The highest BCUT2D eigenvalue weighted by Crippen LogP contribution is 2.30. The Hall–Kier alpha value is -2.23. The first kappa shape index (κ1) is 9.33. The van der Waals surface area contributed by atoms with Gasteiger partial charge in [0.15, 0.2) is 0 Å². The molecule has 0 aliphatic heterocycles. The normalized spacial score (nSPS) is 10.4. The Morgan fingerprint density at radius 3 is 2.53 bits per heavy atom. The summed E-state index contributed by atoms with van der Waals surface area (Å²) in [5.41, 5.74) is 6.08. The summed E-state index contributed by atoms with van der Waals surface area (Å²) in [6, 6.07) is 7.90. The summed E-state index contributed by atoms with van der Waals surface area (Å²) in [6.07, 6.45) is 0. The van der Waals surface area contributed by atoms with Crippen LogP contribution in [0.5, 0.6) is 5.75 Å². The standard InChI is InChI=1S/C11H9NO3/c12-8-3-1-2-7-6(8)4-5-9(13)10(7)11(14)15/h1-5,13H,12H2,(H,14,15). The fourth-order valence-electron chi connectivity index (χ4n) is 1.60. The third kappa shape index (κ3) is 1.36. The number of anilines is 1. The Morgan fingerprint density at radius 2 is 1.87 bits per heavy atom. The van der Waals surface area contributed by atoms with Gasteiger partial charge in [-0.3, -0.25) is 0 Å². The zero-order valence-electron chi connectivity index (χ0n) is 7.77. The fourth-order valence-corrected chi connectivity index (χ4v) is 1.60. The summed E-state index contributed by atoms with van der Waals surface area (Å²) in [5, 5.41) is 19.5. The van der Waals surface area contributed by atoms with Gasteiger partial charge in [0.1, 0.15) is 11.3 Å². The second kappa shape index (κ2) is 3.16. The smallest absolute Gasteiger partial charge is 0.340 e. The lowest BCUT2D eigenvalue weighted by atomic mass is 10.0. The molecule has 2 aromatic rings. The number of hydrogen-bond acceptors (Lipinski definition) is 3. The Kier molecular flexibility index (Phi) is 1.97. The molecule has 4 nitrogen and oxygen atoms in total. The molecule has 0 heterocycles. The summed E-state index contributed by atoms with van der Waals surface area (Å²) in [6.45, 7) is 0. The van der Waals surface area contributed by atoms with Gasteiger partial charge in [0, 0.05) is 16.5 Å². The summed E-state index contributed by atoms with van der Waals surface area (Å²) in [4.78, 5) is 10.9. The Morgan fingerprint density at radius 1 is 1.13 bits per heavy atom. The molecule has 2 aromatic carbocycles. The van der Waals surface area contributed by atoms with Gasteiger partial charge in [0.05, 0.1) is 0 Å². The van der Waals surface area contributed by atoms with E-state index < -0.39 is 5.97 Å². The van der Waals surface area contributed by atoms with Crippen LogP contribution in [0.2, 0.25) is 0 Å². The zero-order valence-corrected chi connectivity index (χ0v) is 7.77. The Labute approximate surface area is 85.6 Å². The van der Waals surface area contributed by atoms with E-state index in [0.29, 0.717) is 16.5 Å². The summed E-state index contributed by atoms with van der Waals surface area (Å²) >= 11 is 0. The van der Waals surface area contributed by atoms with E-state index in [2.05, 4.69) is 0 Å². The lowest BCUT2D eigenvalue weighted by Gasteiger charge is -2.06. The average Bonchev–Trinajstić information content (AvgIpc) is 2.17. The number of aromatic hydroxyl groups is 1. The minimum atomic E-state index is -1.16. The highest BCUT2D eigenvalue weighted by molar-refractivity contribution is 6.09. The number of carboxylic acids is 1. The summed E-state index contributed by atoms with van der Waals surface area (Å²) in [7, 11) is 0. The van der Waals surface area contributed by atoms with E-state index in [-0.39, 0.29) is 11.3 Å². The van der Waals surface area contributed by atoms with Crippen molar-refractivity contribution in [1.82, 2.24) is 0 Å². The van der Waals surface area contributed by atoms with Gasteiger partial charge in [0.2, 0.25) is 0 Å². The Balaban J connectivity index is 2.94. The molecular weight excluding hydrogens is 194 g/mol. The van der Waals surface area contributed by atoms with E-state index in [4.69, 9.17) is 10.8 Å². The first-order chi connectivity index (χ1) is 7.11. The minimum Gasteiger partial charge on any atom is -0.507 e. The molecule has 0 spiro atoms. The third-order valence-corrected chi connectivity index (χ3v) is 2.29. The molecule has 0 amide bonds. The number of benzene rings is 2. The number of fused-ring (bicyclic) bond motifs is 1. The SMILES string of the molecule is Nc1cccc2c(C(=O)O)c(O)ccc12. The molecule has 0 aliphatic rings. The fraction of sp³-hybridized carbons (Fsp3) is 0. The summed E-state index contributed by atoms with van der Waals surface area (Å²) < 4.78 is 0. The number of hydrogen-bond donors (Lipinski definition) is 3. The van der Waals surface area contributed by atoms with Gasteiger partial charge in [-0.1, -0.05) is 12.1 Å². The van der Waals surface area contributed by atoms with Crippen molar-refractivity contribution >= 4 is 22.4 Å². The number of carboxylic acid groups (broad SMARTS) is 1. The first-order valence-corrected chi connectivity index (χ1v) is 4.34. The van der Waals surface area contributed by atoms with E-state index in [1.165, 1.54) is 6.07 Å². The minimum absolute atomic E-state index is 0.111. The molecule has 0 saturated carbocycles. The molecule has 0 unspecified atom stereocenters. The predicted molar refractivity (Wildman–Crippen MR) is 57.0 cm³/mol. The molecule has 4 N–H and O–H groups in total. The van der Waals surface area contributed by atoms with E-state index in [1.54, 1.807) is 24.3 Å². The topological polar surface area (TPSA) is 83.6 Å². The van der Waals surface area contributed by atoms with E-state index in [1.807, 2.05) is 0 Å². The lowest BCUT2D eigenvalue weighted by molar-refractivity contribution is 0.0696. The monoisotopic (exact) mass is 203 g/mol. The number of phenols is 1. The van der Waals surface area contributed by atoms with Crippen molar-refractivity contribution in [2.45, 2.75) is 0 Å². The molecule has 0 radical (unpaired) electrons. The maximum Gasteiger partial charge on any atom is 0.340 e. The van der Waals surface area contributed by atoms with Crippen LogP contribution in [0, 0.1) is 0 Å². The zero-order chi connectivity index (χ0) is 11.0. The third-order valence-electron chi connectivity index (χ3n) is 2.29. The Bertz CT molecular complexity index is 549. The van der Waals surface area contributed by atoms with Crippen LogP contribution in [0.1, 0.15) is 10.4 Å². The lowest BCUT2D eigenvalue weighted by Crippen LogP contribution is -1.99. The summed E-state index contributed by atoms with van der Waals surface area (Å²) in [5.74, 6) is -1.41. The maximum atomic E-state index is 10.9. The van der Waals surface area contributed by atoms with E-state index >= 15 is 0 Å². The van der Waals surface area contributed by atoms with Crippen molar-refractivity contribution in [3.8, 4) is 5.75 Å². The van der Waals surface area contributed by atoms with Crippen LogP contribution in [0.3, 0.4) is 0 Å². The molecule has 0 aromatic heterocycles. The van der Waals surface area contributed by atoms with Gasteiger partial charge in [-0.25, -0.2) is 4.79 Å². The average molecular weight is 203 g/mol. The molecule has 4 heteroatoms. The molecule has 0 atom stereocenters. The van der Waals surface area contributed by atoms with Crippen molar-refractivity contribution in [3.63, 3.8) is 0 Å². The second-order valence-corrected chi connectivity index (χ2v) is 3.21. The van der Waals surface area contributed by atoms with Crippen LogP contribution < -0.4 is 5.73 Å². The quantitative estimate of drug-likeness (QED) is 0.617. The van der Waals surface area contributed by atoms with Crippen molar-refractivity contribution in [2.75, 3.05) is 5.73 Å². The van der Waals surface area contributed by atoms with Crippen LogP contribution >= 0.6 is 0 Å². The van der Waals surface area contributed by atoms with Crippen LogP contribution in [0.4, 0.5) is 5.69 Å². The molecule has 2 rings (SSSR count). The number of nitrogen functional groups attached to an aromatic ring is 1. The number of nitrogens with two attached hydrogens (primary N) is 1. The largest absolute Gasteiger partial charge is 0.507 e. The maximum absolute atomic E-state index is 10.9. The highest BCUT2D eigenvalue weighted by Gasteiger charge is 2.14. The van der Waals surface area contributed by atoms with Gasteiger partial charge < -0.3 is 15.9 Å². The second-order valence-electron chi connectivity index (χ2n) is 3.21. The van der Waals surface area contributed by atoms with Gasteiger partial charge in [-0.05, 0) is 18.2 Å². The molecule has 0 bridgehead atoms. The van der Waals surface area contributed by atoms with Gasteiger partial charge in [-0.2, -0.15) is 0 Å². The molecular formula is C11H9NO3. The molecule has 15 heavy (non-hydrogen) atoms. The predicted octanol–water partition coefficient (Wildman–Crippen LogP) is 1.83. The van der Waals surface area contributed by atoms with Gasteiger partial charge in [0.25, 0.3) is 0 Å². The van der Waals surface area contributed by atoms with Gasteiger partial charge >= 0.3 is 5.97 Å². The number of rotatable bonds is 1. The molecule has 76 valence electrons. The van der Waals surface area contributed by atoms with Crippen molar-refractivity contribution < 1.29 is 15.0 Å².